The van der Waals surface area contributed by atoms with Crippen LogP contribution in [0.15, 0.2) is 36.5 Å². The fourth-order valence-electron chi connectivity index (χ4n) is 1.19. The summed E-state index contributed by atoms with van der Waals surface area (Å²) in [5, 5.41) is 0. The molecule has 0 aliphatic heterocycles. The van der Waals surface area contributed by atoms with E-state index in [4.69, 9.17) is 5.73 Å². The number of nitrogens with zero attached hydrogens (tertiary/aromatic N) is 2. The second kappa shape index (κ2) is 3.79. The van der Waals surface area contributed by atoms with Crippen molar-refractivity contribution in [3.63, 3.8) is 0 Å². The van der Waals surface area contributed by atoms with E-state index in [9.17, 15) is 0 Å². The van der Waals surface area contributed by atoms with Crippen LogP contribution in [0.2, 0.25) is 0 Å². The molecule has 1 heterocycles. The number of nitrogen functional groups attached to an aromatic ring is 1. The normalized spacial score (nSPS) is 10.0. The van der Waals surface area contributed by atoms with Crippen LogP contribution in [0.25, 0.3) is 11.3 Å². The maximum absolute atomic E-state index is 5.60. The molecule has 0 bridgehead atoms. The molecule has 1 aromatic heterocycles. The van der Waals surface area contributed by atoms with Crippen LogP contribution in [0, 0.1) is 0 Å². The summed E-state index contributed by atoms with van der Waals surface area (Å²) < 4.78 is 0.694. The molecule has 0 atom stereocenters. The third kappa shape index (κ3) is 1.93. The third-order valence-corrected chi connectivity index (χ3v) is 2.16. The van der Waals surface area contributed by atoms with Crippen LogP contribution < -0.4 is 10.4 Å². The van der Waals surface area contributed by atoms with Crippen molar-refractivity contribution in [3.05, 3.63) is 36.5 Å². The monoisotopic (exact) mass is 197 g/mol. The standard InChI is InChI=1S/C10H8N3.Al/c11-9-3-1-8(2-4-9)10-5-6-12-7-13-10;/h1-6H,11H2;. The minimum absolute atomic E-state index is 0.694. The molecule has 2 N–H and O–H groups in total. The summed E-state index contributed by atoms with van der Waals surface area (Å²) >= 11 is 2.48. The molecule has 0 aliphatic carbocycles. The number of hydrogen-bond donors (Lipinski definition) is 1. The van der Waals surface area contributed by atoms with Gasteiger partial charge in [0.2, 0.25) is 16.3 Å². The van der Waals surface area contributed by atoms with E-state index in [1.165, 1.54) is 0 Å². The molecular formula is C10H8AlN3. The first-order chi connectivity index (χ1) is 6.75. The number of hydrogen-bond acceptors (Lipinski definition) is 3. The molecule has 66 valence electrons. The molecule has 0 saturated heterocycles. The fraction of sp³-hybridized carbons (Fsp3) is 0. The largest absolute Gasteiger partial charge is 0.399 e. The zero-order valence-corrected chi connectivity index (χ0v) is 8.67. The highest BCUT2D eigenvalue weighted by molar-refractivity contribution is 6.29. The molecule has 0 saturated carbocycles. The van der Waals surface area contributed by atoms with Crippen LogP contribution in [-0.4, -0.2) is 26.3 Å². The average Bonchev–Trinajstić information content (AvgIpc) is 2.19. The minimum atomic E-state index is 0.694. The van der Waals surface area contributed by atoms with Crippen molar-refractivity contribution in [2.45, 2.75) is 0 Å². The van der Waals surface area contributed by atoms with Gasteiger partial charge >= 0.3 is 0 Å². The Morgan fingerprint density at radius 2 is 1.79 bits per heavy atom. The lowest BCUT2D eigenvalue weighted by Crippen LogP contribution is -2.12. The van der Waals surface area contributed by atoms with Gasteiger partial charge < -0.3 is 5.73 Å². The van der Waals surface area contributed by atoms with Gasteiger partial charge in [0.15, 0.2) is 0 Å². The van der Waals surface area contributed by atoms with Crippen LogP contribution in [-0.2, 0) is 0 Å². The quantitative estimate of drug-likeness (QED) is 0.535. The van der Waals surface area contributed by atoms with Crippen LogP contribution >= 0.6 is 0 Å². The summed E-state index contributed by atoms with van der Waals surface area (Å²) in [7, 11) is 0. The van der Waals surface area contributed by atoms with E-state index in [1.807, 2.05) is 30.3 Å². The summed E-state index contributed by atoms with van der Waals surface area (Å²) in [5.41, 5.74) is 8.31. The minimum Gasteiger partial charge on any atom is -0.399 e. The van der Waals surface area contributed by atoms with Crippen molar-refractivity contribution in [2.75, 3.05) is 5.73 Å². The zero-order chi connectivity index (χ0) is 9.97. The number of anilines is 1. The van der Waals surface area contributed by atoms with E-state index in [0.29, 0.717) is 4.69 Å². The first-order valence-electron chi connectivity index (χ1n) is 4.20. The molecular weight excluding hydrogens is 189 g/mol. The average molecular weight is 197 g/mol. The molecule has 0 fully saturated rings. The second-order valence-electron chi connectivity index (χ2n) is 2.92. The first kappa shape index (κ1) is 9.20. The number of aromatic nitrogens is 2. The van der Waals surface area contributed by atoms with Gasteiger partial charge in [0.05, 0.1) is 5.69 Å². The molecule has 2 radical (unpaired) electrons. The smallest absolute Gasteiger partial charge is 0.244 e. The van der Waals surface area contributed by atoms with Crippen molar-refractivity contribution in [1.82, 2.24) is 9.97 Å². The summed E-state index contributed by atoms with van der Waals surface area (Å²) in [6, 6.07) is 9.49. The van der Waals surface area contributed by atoms with Gasteiger partial charge in [-0.05, 0) is 18.2 Å². The number of nitrogens with two attached hydrogens (primary N) is 1. The van der Waals surface area contributed by atoms with E-state index in [1.54, 1.807) is 6.20 Å². The summed E-state index contributed by atoms with van der Waals surface area (Å²) in [6.45, 7) is 0. The van der Waals surface area contributed by atoms with E-state index in [2.05, 4.69) is 26.3 Å². The van der Waals surface area contributed by atoms with E-state index >= 15 is 0 Å². The Morgan fingerprint density at radius 1 is 1.07 bits per heavy atom. The van der Waals surface area contributed by atoms with Crippen molar-refractivity contribution in [1.29, 1.82) is 0 Å². The molecule has 0 unspecified atom stereocenters. The Morgan fingerprint density at radius 3 is 2.43 bits per heavy atom. The van der Waals surface area contributed by atoms with E-state index in [-0.39, 0.29) is 0 Å². The van der Waals surface area contributed by atoms with Gasteiger partial charge in [-0.2, -0.15) is 0 Å². The SMILES string of the molecule is Nc1ccc(-c2ccn[c]([Al])n2)cc1. The van der Waals surface area contributed by atoms with E-state index < -0.39 is 0 Å². The summed E-state index contributed by atoms with van der Waals surface area (Å²) in [5.74, 6) is 0. The van der Waals surface area contributed by atoms with Crippen molar-refractivity contribution in [3.8, 4) is 11.3 Å². The van der Waals surface area contributed by atoms with Crippen molar-refractivity contribution >= 4 is 26.7 Å². The van der Waals surface area contributed by atoms with Crippen LogP contribution in [0.4, 0.5) is 5.69 Å². The maximum atomic E-state index is 5.60. The third-order valence-electron chi connectivity index (χ3n) is 1.88. The summed E-state index contributed by atoms with van der Waals surface area (Å²) in [4.78, 5) is 8.29. The lowest BCUT2D eigenvalue weighted by molar-refractivity contribution is 1.24. The van der Waals surface area contributed by atoms with Crippen LogP contribution in [0.5, 0.6) is 0 Å². The van der Waals surface area contributed by atoms with Gasteiger partial charge in [-0.25, -0.2) is 0 Å². The van der Waals surface area contributed by atoms with Gasteiger partial charge in [0.1, 0.15) is 0 Å². The molecule has 3 nitrogen and oxygen atoms in total. The predicted octanol–water partition coefficient (Wildman–Crippen LogP) is 0.520. The Balaban J connectivity index is 2.44. The van der Waals surface area contributed by atoms with Gasteiger partial charge in [-0.3, -0.25) is 9.97 Å². The fourth-order valence-corrected chi connectivity index (χ4v) is 1.41. The van der Waals surface area contributed by atoms with Gasteiger partial charge in [0, 0.05) is 22.1 Å². The van der Waals surface area contributed by atoms with Crippen molar-refractivity contribution < 1.29 is 0 Å². The van der Waals surface area contributed by atoms with E-state index in [0.717, 1.165) is 16.9 Å². The van der Waals surface area contributed by atoms with Crippen LogP contribution in [0.3, 0.4) is 0 Å². The molecule has 4 heteroatoms. The Bertz CT molecular complexity index is 439. The number of rotatable bonds is 1. The predicted molar refractivity (Wildman–Crippen MR) is 57.3 cm³/mol. The topological polar surface area (TPSA) is 51.8 Å². The lowest BCUT2D eigenvalue weighted by Gasteiger charge is -2.02. The first-order valence-corrected chi connectivity index (χ1v) is 4.78. The van der Waals surface area contributed by atoms with Crippen LogP contribution in [0.1, 0.15) is 0 Å². The Kier molecular flexibility index (Phi) is 2.49. The molecule has 0 amide bonds. The highest BCUT2D eigenvalue weighted by Gasteiger charge is 1.98. The van der Waals surface area contributed by atoms with Gasteiger partial charge in [-0.15, -0.1) is 0 Å². The zero-order valence-electron chi connectivity index (χ0n) is 7.51. The van der Waals surface area contributed by atoms with Gasteiger partial charge in [0.25, 0.3) is 0 Å². The Hall–Kier alpha value is -1.37. The van der Waals surface area contributed by atoms with Crippen molar-refractivity contribution in [2.24, 2.45) is 0 Å². The van der Waals surface area contributed by atoms with Gasteiger partial charge in [-0.1, -0.05) is 12.1 Å². The molecule has 2 aromatic rings. The number of benzene rings is 1. The highest BCUT2D eigenvalue weighted by Crippen LogP contribution is 2.16. The lowest BCUT2D eigenvalue weighted by atomic mass is 10.1. The molecule has 1 aromatic carbocycles. The second-order valence-corrected chi connectivity index (χ2v) is 3.44. The molecule has 0 aliphatic rings. The molecule has 2 rings (SSSR count). The Labute approximate surface area is 90.4 Å². The molecule has 0 spiro atoms. The highest BCUT2D eigenvalue weighted by atomic mass is 27.0. The maximum Gasteiger partial charge on any atom is 0.244 e. The molecule has 14 heavy (non-hydrogen) atoms. The summed E-state index contributed by atoms with van der Waals surface area (Å²) in [6.07, 6.45) is 1.74.